The summed E-state index contributed by atoms with van der Waals surface area (Å²) in [6.45, 7) is 6.49. The Morgan fingerprint density at radius 3 is 2.67 bits per heavy atom. The number of nitrogens with zero attached hydrogens (tertiary/aromatic N) is 5. The van der Waals surface area contributed by atoms with Crippen LogP contribution in [0.5, 0.6) is 0 Å². The zero-order chi connectivity index (χ0) is 18.4. The third-order valence-electron chi connectivity index (χ3n) is 6.08. The second kappa shape index (κ2) is 6.30. The zero-order valence-electron chi connectivity index (χ0n) is 16.1. The molecule has 1 aromatic carbocycles. The van der Waals surface area contributed by atoms with E-state index in [1.54, 1.807) is 6.33 Å². The lowest BCUT2D eigenvalue weighted by atomic mass is 9.97. The molecule has 140 valence electrons. The molecule has 6 heteroatoms. The van der Waals surface area contributed by atoms with Gasteiger partial charge in [-0.2, -0.15) is 5.10 Å². The fourth-order valence-electron chi connectivity index (χ4n) is 3.93. The van der Waals surface area contributed by atoms with E-state index in [0.717, 1.165) is 60.7 Å². The number of hydrogen-bond acceptors (Lipinski definition) is 5. The predicted octanol–water partition coefficient (Wildman–Crippen LogP) is 3.11. The van der Waals surface area contributed by atoms with Crippen LogP contribution in [-0.4, -0.2) is 58.3 Å². The van der Waals surface area contributed by atoms with Gasteiger partial charge in [0.05, 0.1) is 11.2 Å². The molecule has 5 rings (SSSR count). The number of fused-ring (bicyclic) bond motifs is 1. The summed E-state index contributed by atoms with van der Waals surface area (Å²) in [5.41, 5.74) is 4.76. The molecule has 0 unspecified atom stereocenters. The molecule has 1 saturated heterocycles. The number of rotatable bonds is 4. The Hall–Kier alpha value is -2.47. The lowest BCUT2D eigenvalue weighted by molar-refractivity contribution is 0.312. The standard InChI is InChI=1S/C21H26N6/c1-21(5-6-21)13-15-3-4-17-16(11-15)20(25-24-17)18-12-19(23-14-22-18)27-9-7-26(2)8-10-27/h3-4,11-12,14H,5-10,13H2,1-2H3,(H,24,25). The van der Waals surface area contributed by atoms with Crippen LogP contribution < -0.4 is 4.90 Å². The normalized spacial score (nSPS) is 19.6. The van der Waals surface area contributed by atoms with E-state index in [1.165, 1.54) is 18.4 Å². The van der Waals surface area contributed by atoms with Gasteiger partial charge in [-0.25, -0.2) is 9.97 Å². The van der Waals surface area contributed by atoms with Gasteiger partial charge in [0.25, 0.3) is 0 Å². The second-order valence-electron chi connectivity index (χ2n) is 8.49. The Labute approximate surface area is 159 Å². The summed E-state index contributed by atoms with van der Waals surface area (Å²) in [6, 6.07) is 8.74. The molecule has 2 aromatic heterocycles. The SMILES string of the molecule is CN1CCN(c2cc(-c3n[nH]c4ccc(CC5(C)CC5)cc34)ncn2)CC1. The Morgan fingerprint density at radius 2 is 1.89 bits per heavy atom. The monoisotopic (exact) mass is 362 g/mol. The summed E-state index contributed by atoms with van der Waals surface area (Å²) in [4.78, 5) is 13.7. The minimum Gasteiger partial charge on any atom is -0.354 e. The molecule has 1 aliphatic carbocycles. The topological polar surface area (TPSA) is 60.9 Å². The van der Waals surface area contributed by atoms with Gasteiger partial charge in [0.15, 0.2) is 0 Å². The molecule has 3 aromatic rings. The summed E-state index contributed by atoms with van der Waals surface area (Å²) < 4.78 is 0. The average molecular weight is 362 g/mol. The summed E-state index contributed by atoms with van der Waals surface area (Å²) in [5.74, 6) is 0.992. The Balaban J connectivity index is 1.47. The highest BCUT2D eigenvalue weighted by Crippen LogP contribution is 2.47. The quantitative estimate of drug-likeness (QED) is 0.773. The van der Waals surface area contributed by atoms with E-state index in [4.69, 9.17) is 0 Å². The summed E-state index contributed by atoms with van der Waals surface area (Å²) in [5, 5.41) is 8.89. The molecule has 27 heavy (non-hydrogen) atoms. The zero-order valence-corrected chi connectivity index (χ0v) is 16.1. The van der Waals surface area contributed by atoms with Gasteiger partial charge in [0.2, 0.25) is 0 Å². The molecule has 3 heterocycles. The highest BCUT2D eigenvalue weighted by Gasteiger charge is 2.37. The fourth-order valence-corrected chi connectivity index (χ4v) is 3.93. The minimum atomic E-state index is 0.501. The van der Waals surface area contributed by atoms with Crippen molar-refractivity contribution < 1.29 is 0 Å². The van der Waals surface area contributed by atoms with Gasteiger partial charge in [0, 0.05) is 37.6 Å². The Kier molecular flexibility index (Phi) is 3.90. The highest BCUT2D eigenvalue weighted by molar-refractivity contribution is 5.92. The number of benzene rings is 1. The van der Waals surface area contributed by atoms with Gasteiger partial charge < -0.3 is 9.80 Å². The van der Waals surface area contributed by atoms with Crippen molar-refractivity contribution in [3.05, 3.63) is 36.2 Å². The first-order valence-electron chi connectivity index (χ1n) is 9.83. The predicted molar refractivity (Wildman–Crippen MR) is 108 cm³/mol. The lowest BCUT2D eigenvalue weighted by Crippen LogP contribution is -2.44. The van der Waals surface area contributed by atoms with E-state index >= 15 is 0 Å². The first kappa shape index (κ1) is 16.7. The van der Waals surface area contributed by atoms with Crippen LogP contribution >= 0.6 is 0 Å². The molecule has 0 amide bonds. The Morgan fingerprint density at radius 1 is 1.07 bits per heavy atom. The fraction of sp³-hybridized carbons (Fsp3) is 0.476. The average Bonchev–Trinajstić information content (AvgIpc) is 3.25. The molecule has 2 aliphatic rings. The van der Waals surface area contributed by atoms with E-state index in [9.17, 15) is 0 Å². The molecule has 0 atom stereocenters. The molecule has 1 saturated carbocycles. The molecule has 0 radical (unpaired) electrons. The van der Waals surface area contributed by atoms with Crippen molar-refractivity contribution >= 4 is 16.7 Å². The van der Waals surface area contributed by atoms with Crippen LogP contribution in [-0.2, 0) is 6.42 Å². The van der Waals surface area contributed by atoms with E-state index in [1.807, 2.05) is 0 Å². The maximum atomic E-state index is 4.58. The van der Waals surface area contributed by atoms with Crippen LogP contribution in [0, 0.1) is 5.41 Å². The smallest absolute Gasteiger partial charge is 0.132 e. The maximum absolute atomic E-state index is 4.58. The van der Waals surface area contributed by atoms with Crippen molar-refractivity contribution in [2.75, 3.05) is 38.1 Å². The number of H-pyrrole nitrogens is 1. The van der Waals surface area contributed by atoms with Crippen LogP contribution in [0.25, 0.3) is 22.3 Å². The first-order chi connectivity index (χ1) is 13.1. The molecule has 1 aliphatic heterocycles. The van der Waals surface area contributed by atoms with Gasteiger partial charge in [0.1, 0.15) is 17.8 Å². The number of aromatic amines is 1. The molecular weight excluding hydrogens is 336 g/mol. The summed E-state index contributed by atoms with van der Waals surface area (Å²) in [6.07, 6.45) is 5.48. The number of anilines is 1. The molecule has 0 spiro atoms. The number of aromatic nitrogens is 4. The van der Waals surface area contributed by atoms with Crippen LogP contribution in [0.2, 0.25) is 0 Å². The number of piperazine rings is 1. The van der Waals surface area contributed by atoms with E-state index < -0.39 is 0 Å². The van der Waals surface area contributed by atoms with Crippen LogP contribution in [0.15, 0.2) is 30.6 Å². The largest absolute Gasteiger partial charge is 0.354 e. The number of nitrogens with one attached hydrogen (secondary N) is 1. The highest BCUT2D eigenvalue weighted by atomic mass is 15.3. The van der Waals surface area contributed by atoms with E-state index in [-0.39, 0.29) is 0 Å². The molecule has 0 bridgehead atoms. The van der Waals surface area contributed by atoms with Crippen molar-refractivity contribution in [2.45, 2.75) is 26.2 Å². The third kappa shape index (κ3) is 3.30. The minimum absolute atomic E-state index is 0.501. The van der Waals surface area contributed by atoms with Crippen molar-refractivity contribution in [1.29, 1.82) is 0 Å². The number of hydrogen-bond donors (Lipinski definition) is 1. The lowest BCUT2D eigenvalue weighted by Gasteiger charge is -2.33. The van der Waals surface area contributed by atoms with Crippen molar-refractivity contribution in [1.82, 2.24) is 25.1 Å². The van der Waals surface area contributed by atoms with E-state index in [0.29, 0.717) is 5.41 Å². The van der Waals surface area contributed by atoms with Gasteiger partial charge in [-0.05, 0) is 49.4 Å². The van der Waals surface area contributed by atoms with Gasteiger partial charge in [-0.15, -0.1) is 0 Å². The number of likely N-dealkylation sites (N-methyl/N-ethyl adjacent to an activating group) is 1. The summed E-state index contributed by atoms with van der Waals surface area (Å²) >= 11 is 0. The van der Waals surface area contributed by atoms with Gasteiger partial charge in [-0.3, -0.25) is 5.10 Å². The maximum Gasteiger partial charge on any atom is 0.132 e. The van der Waals surface area contributed by atoms with Crippen molar-refractivity contribution in [3.8, 4) is 11.4 Å². The van der Waals surface area contributed by atoms with Gasteiger partial charge >= 0.3 is 0 Å². The second-order valence-corrected chi connectivity index (χ2v) is 8.49. The van der Waals surface area contributed by atoms with Crippen LogP contribution in [0.3, 0.4) is 0 Å². The molecule has 1 N–H and O–H groups in total. The first-order valence-corrected chi connectivity index (χ1v) is 9.83. The van der Waals surface area contributed by atoms with Crippen molar-refractivity contribution in [2.24, 2.45) is 5.41 Å². The van der Waals surface area contributed by atoms with Crippen LogP contribution in [0.4, 0.5) is 5.82 Å². The Bertz CT molecular complexity index is 966. The van der Waals surface area contributed by atoms with Crippen molar-refractivity contribution in [3.63, 3.8) is 0 Å². The summed E-state index contributed by atoms with van der Waals surface area (Å²) in [7, 11) is 2.16. The van der Waals surface area contributed by atoms with Gasteiger partial charge in [-0.1, -0.05) is 13.0 Å². The van der Waals surface area contributed by atoms with Crippen LogP contribution in [0.1, 0.15) is 25.3 Å². The molecule has 6 nitrogen and oxygen atoms in total. The van der Waals surface area contributed by atoms with E-state index in [2.05, 4.69) is 68.2 Å². The molecular formula is C21H26N6. The molecule has 2 fully saturated rings. The third-order valence-corrected chi connectivity index (χ3v) is 6.08.